The molecule has 3 N–H and O–H groups in total. The first-order valence-corrected chi connectivity index (χ1v) is 6.17. The summed E-state index contributed by atoms with van der Waals surface area (Å²) in [6.45, 7) is 2.06. The van der Waals surface area contributed by atoms with Crippen molar-refractivity contribution in [3.8, 4) is 0 Å². The van der Waals surface area contributed by atoms with Gasteiger partial charge in [0.2, 0.25) is 5.16 Å². The lowest BCUT2D eigenvalue weighted by Crippen LogP contribution is -2.00. The van der Waals surface area contributed by atoms with E-state index < -0.39 is 0 Å². The minimum absolute atomic E-state index is 0.212. The molecule has 17 heavy (non-hydrogen) atoms. The Morgan fingerprint density at radius 1 is 1.47 bits per heavy atom. The van der Waals surface area contributed by atoms with Crippen molar-refractivity contribution < 1.29 is 4.39 Å². The average molecular weight is 252 g/mol. The Morgan fingerprint density at radius 2 is 2.29 bits per heavy atom. The molecular weight excluding hydrogens is 239 g/mol. The van der Waals surface area contributed by atoms with E-state index in [0.717, 1.165) is 11.4 Å². The molecule has 1 aromatic heterocycles. The molecule has 0 aliphatic rings. The van der Waals surface area contributed by atoms with E-state index in [1.807, 2.05) is 6.92 Å². The predicted octanol–water partition coefficient (Wildman–Crippen LogP) is 2.00. The molecule has 6 heteroatoms. The number of hydrogen-bond acceptors (Lipinski definition) is 4. The fourth-order valence-corrected chi connectivity index (χ4v) is 2.20. The molecule has 0 amide bonds. The lowest BCUT2D eigenvalue weighted by molar-refractivity contribution is 0.610. The third kappa shape index (κ3) is 3.04. The van der Waals surface area contributed by atoms with Crippen LogP contribution in [-0.2, 0) is 12.3 Å². The smallest absolute Gasteiger partial charge is 0.208 e. The first-order valence-electron chi connectivity index (χ1n) is 5.18. The van der Waals surface area contributed by atoms with Crippen molar-refractivity contribution in [3.63, 3.8) is 0 Å². The summed E-state index contributed by atoms with van der Waals surface area (Å²) in [5.41, 5.74) is 7.00. The summed E-state index contributed by atoms with van der Waals surface area (Å²) >= 11 is 1.50. The lowest BCUT2D eigenvalue weighted by atomic mass is 10.1. The van der Waals surface area contributed by atoms with Crippen molar-refractivity contribution in [3.05, 3.63) is 41.0 Å². The predicted molar refractivity (Wildman–Crippen MR) is 65.0 cm³/mol. The molecule has 4 nitrogen and oxygen atoms in total. The second-order valence-electron chi connectivity index (χ2n) is 3.62. The number of nitrogens with one attached hydrogen (secondary N) is 1. The highest BCUT2D eigenvalue weighted by molar-refractivity contribution is 7.98. The van der Waals surface area contributed by atoms with Crippen LogP contribution in [0.15, 0.2) is 23.4 Å². The van der Waals surface area contributed by atoms with Crippen molar-refractivity contribution in [2.45, 2.75) is 24.4 Å². The highest BCUT2D eigenvalue weighted by Crippen LogP contribution is 2.20. The maximum atomic E-state index is 13.2. The molecule has 0 aliphatic carbocycles. The van der Waals surface area contributed by atoms with E-state index in [2.05, 4.69) is 15.2 Å². The monoisotopic (exact) mass is 252 g/mol. The summed E-state index contributed by atoms with van der Waals surface area (Å²) in [4.78, 5) is 4.18. The Labute approximate surface area is 103 Å². The largest absolute Gasteiger partial charge is 0.326 e. The summed E-state index contributed by atoms with van der Waals surface area (Å²) in [6, 6.07) is 4.98. The number of nitrogens with zero attached hydrogens (tertiary/aromatic N) is 2. The van der Waals surface area contributed by atoms with E-state index >= 15 is 0 Å². The van der Waals surface area contributed by atoms with Crippen LogP contribution < -0.4 is 5.73 Å². The zero-order valence-corrected chi connectivity index (χ0v) is 10.2. The molecule has 2 aromatic rings. The van der Waals surface area contributed by atoms with Gasteiger partial charge in [-0.15, -0.1) is 5.10 Å². The number of H-pyrrole nitrogens is 1. The minimum atomic E-state index is -0.255. The van der Waals surface area contributed by atoms with Gasteiger partial charge in [-0.1, -0.05) is 23.9 Å². The van der Waals surface area contributed by atoms with Crippen molar-refractivity contribution in [1.29, 1.82) is 0 Å². The van der Waals surface area contributed by atoms with Gasteiger partial charge >= 0.3 is 0 Å². The van der Waals surface area contributed by atoms with Crippen molar-refractivity contribution >= 4 is 11.8 Å². The first kappa shape index (κ1) is 12.1. The number of benzene rings is 1. The molecule has 0 aliphatic heterocycles. The van der Waals surface area contributed by atoms with Gasteiger partial charge in [-0.3, -0.25) is 5.10 Å². The fourth-order valence-electron chi connectivity index (χ4n) is 1.41. The van der Waals surface area contributed by atoms with E-state index in [4.69, 9.17) is 5.73 Å². The molecule has 0 atom stereocenters. The van der Waals surface area contributed by atoms with Gasteiger partial charge in [0.1, 0.15) is 11.6 Å². The van der Waals surface area contributed by atoms with Gasteiger partial charge < -0.3 is 5.73 Å². The molecule has 1 heterocycles. The SMILES string of the molecule is Cc1nc(SCc2ccc(F)c(CN)c2)n[nH]1. The van der Waals surface area contributed by atoms with Crippen LogP contribution in [0.4, 0.5) is 4.39 Å². The van der Waals surface area contributed by atoms with Crippen LogP contribution in [0, 0.1) is 12.7 Å². The van der Waals surface area contributed by atoms with Gasteiger partial charge in [0.05, 0.1) is 0 Å². The second kappa shape index (κ2) is 5.29. The number of rotatable bonds is 4. The van der Waals surface area contributed by atoms with Gasteiger partial charge in [-0.2, -0.15) is 0 Å². The highest BCUT2D eigenvalue weighted by Gasteiger charge is 2.04. The topological polar surface area (TPSA) is 67.6 Å². The molecule has 90 valence electrons. The summed E-state index contributed by atoms with van der Waals surface area (Å²) in [7, 11) is 0. The molecule has 0 bridgehead atoms. The Kier molecular flexibility index (Phi) is 3.75. The molecule has 0 saturated carbocycles. The highest BCUT2D eigenvalue weighted by atomic mass is 32.2. The fraction of sp³-hybridized carbons (Fsp3) is 0.273. The number of aryl methyl sites for hydroxylation is 1. The third-order valence-electron chi connectivity index (χ3n) is 2.27. The maximum Gasteiger partial charge on any atom is 0.208 e. The Hall–Kier alpha value is -1.40. The van der Waals surface area contributed by atoms with Crippen LogP contribution in [0.5, 0.6) is 0 Å². The number of nitrogens with two attached hydrogens (primary N) is 1. The summed E-state index contributed by atoms with van der Waals surface area (Å²) < 4.78 is 13.2. The summed E-state index contributed by atoms with van der Waals surface area (Å²) in [5.74, 6) is 1.23. The van der Waals surface area contributed by atoms with E-state index in [9.17, 15) is 4.39 Å². The van der Waals surface area contributed by atoms with Crippen LogP contribution in [0.25, 0.3) is 0 Å². The Bertz CT molecular complexity index is 512. The van der Waals surface area contributed by atoms with Crippen molar-refractivity contribution in [2.75, 3.05) is 0 Å². The van der Waals surface area contributed by atoms with Crippen molar-refractivity contribution in [2.24, 2.45) is 5.73 Å². The normalized spacial score (nSPS) is 10.8. The molecule has 0 radical (unpaired) electrons. The quantitative estimate of drug-likeness (QED) is 0.817. The Balaban J connectivity index is 2.04. The number of hydrogen-bond donors (Lipinski definition) is 2. The third-order valence-corrected chi connectivity index (χ3v) is 3.19. The molecule has 0 fully saturated rings. The van der Waals surface area contributed by atoms with Crippen LogP contribution in [0.1, 0.15) is 17.0 Å². The van der Waals surface area contributed by atoms with Crippen LogP contribution in [0.3, 0.4) is 0 Å². The number of aromatic amines is 1. The first-order chi connectivity index (χ1) is 8.19. The average Bonchev–Trinajstić information content (AvgIpc) is 2.74. The van der Waals surface area contributed by atoms with Gasteiger partial charge in [-0.05, 0) is 18.6 Å². The minimum Gasteiger partial charge on any atom is -0.326 e. The van der Waals surface area contributed by atoms with Crippen molar-refractivity contribution in [1.82, 2.24) is 15.2 Å². The summed E-state index contributed by atoms with van der Waals surface area (Å²) in [6.07, 6.45) is 0. The van der Waals surface area contributed by atoms with Gasteiger partial charge in [0, 0.05) is 17.9 Å². The number of thioether (sulfide) groups is 1. The molecule has 2 rings (SSSR count). The Morgan fingerprint density at radius 3 is 2.94 bits per heavy atom. The maximum absolute atomic E-state index is 13.2. The zero-order chi connectivity index (χ0) is 12.3. The number of halogens is 1. The van der Waals surface area contributed by atoms with E-state index in [-0.39, 0.29) is 12.4 Å². The van der Waals surface area contributed by atoms with Crippen LogP contribution in [0.2, 0.25) is 0 Å². The molecule has 0 spiro atoms. The summed E-state index contributed by atoms with van der Waals surface area (Å²) in [5, 5.41) is 7.49. The lowest BCUT2D eigenvalue weighted by Gasteiger charge is -2.03. The second-order valence-corrected chi connectivity index (χ2v) is 4.56. The number of aromatic nitrogens is 3. The van der Waals surface area contributed by atoms with Gasteiger partial charge in [0.25, 0.3) is 0 Å². The molecule has 0 saturated heterocycles. The standard InChI is InChI=1S/C11H13FN4S/c1-7-14-11(16-15-7)17-6-8-2-3-10(12)9(4-8)5-13/h2-4H,5-6,13H2,1H3,(H,14,15,16). The molecule has 0 unspecified atom stereocenters. The van der Waals surface area contributed by atoms with Gasteiger partial charge in [0.15, 0.2) is 0 Å². The van der Waals surface area contributed by atoms with Gasteiger partial charge in [-0.25, -0.2) is 9.37 Å². The van der Waals surface area contributed by atoms with Crippen LogP contribution in [-0.4, -0.2) is 15.2 Å². The zero-order valence-electron chi connectivity index (χ0n) is 9.40. The molecular formula is C11H13FN4S. The van der Waals surface area contributed by atoms with E-state index in [1.54, 1.807) is 12.1 Å². The van der Waals surface area contributed by atoms with E-state index in [1.165, 1.54) is 17.8 Å². The van der Waals surface area contributed by atoms with E-state index in [0.29, 0.717) is 16.5 Å². The van der Waals surface area contributed by atoms with Crippen LogP contribution >= 0.6 is 11.8 Å². The molecule has 1 aromatic carbocycles.